The molecule has 1 atom stereocenters. The number of aliphatic hydroxyl groups excluding tert-OH is 1. The standard InChI is InChI=1S/C77H130O5/c1-3-5-7-9-11-13-15-17-19-21-23-25-27-29-31-33-34-35-36-37-38-39-40-41-42-44-45-47-49-51-53-55-57-59-61-63-65-67-69-71-76(79)81-74-75(73-78)82-77(80)72-70-68-66-64-62-60-58-56-54-52-50-48-46-43-32-30-28-26-24-22-20-18-16-14-12-10-8-6-4-2/h5-8,11-14,17-20,23-26,30,32,46,48,52,54,75,78H,3-4,9-10,15-16,21-22,27-29,31,33-45,47,49-51,53,55-74H2,1-2H3/b7-5-,8-6-,13-11-,14-12-,19-17-,20-18-,25-23-,26-24-,32-30-,48-46-,54-52-. The van der Waals surface area contributed by atoms with Crippen molar-refractivity contribution in [2.75, 3.05) is 13.2 Å². The molecule has 0 heterocycles. The first-order valence-corrected chi connectivity index (χ1v) is 34.7. The Bertz CT molecular complexity index is 1670. The first-order valence-electron chi connectivity index (χ1n) is 34.7. The van der Waals surface area contributed by atoms with Crippen molar-refractivity contribution >= 4 is 11.9 Å². The van der Waals surface area contributed by atoms with E-state index in [2.05, 4.69) is 148 Å². The van der Waals surface area contributed by atoms with Crippen LogP contribution in [0.3, 0.4) is 0 Å². The quantitative estimate of drug-likeness (QED) is 0.0373. The summed E-state index contributed by atoms with van der Waals surface area (Å²) < 4.78 is 10.7. The van der Waals surface area contributed by atoms with Gasteiger partial charge < -0.3 is 14.6 Å². The van der Waals surface area contributed by atoms with Gasteiger partial charge in [0.1, 0.15) is 6.61 Å². The van der Waals surface area contributed by atoms with Gasteiger partial charge in [0.2, 0.25) is 0 Å². The highest BCUT2D eigenvalue weighted by Crippen LogP contribution is 2.18. The van der Waals surface area contributed by atoms with Gasteiger partial charge in [-0.1, -0.05) is 334 Å². The maximum atomic E-state index is 12.4. The van der Waals surface area contributed by atoms with Gasteiger partial charge in [-0.15, -0.1) is 0 Å². The molecule has 0 rings (SSSR count). The third kappa shape index (κ3) is 68.5. The fraction of sp³-hybridized carbons (Fsp3) is 0.688. The first kappa shape index (κ1) is 78.0. The number of unbranched alkanes of at least 4 members (excludes halogenated alkanes) is 33. The molecule has 82 heavy (non-hydrogen) atoms. The Balaban J connectivity index is 3.47. The average Bonchev–Trinajstić information content (AvgIpc) is 3.49. The number of ether oxygens (including phenoxy) is 2. The van der Waals surface area contributed by atoms with E-state index in [1.54, 1.807) is 0 Å². The number of allylic oxidation sites excluding steroid dienone is 22. The fourth-order valence-corrected chi connectivity index (χ4v) is 9.82. The van der Waals surface area contributed by atoms with Crippen molar-refractivity contribution in [1.29, 1.82) is 0 Å². The number of aliphatic hydroxyl groups is 1. The molecule has 0 saturated carbocycles. The Labute approximate surface area is 508 Å². The van der Waals surface area contributed by atoms with E-state index < -0.39 is 6.10 Å². The summed E-state index contributed by atoms with van der Waals surface area (Å²) in [5.41, 5.74) is 0. The number of rotatable bonds is 63. The van der Waals surface area contributed by atoms with Crippen LogP contribution in [0.1, 0.15) is 322 Å². The van der Waals surface area contributed by atoms with Crippen LogP contribution in [-0.2, 0) is 19.1 Å². The molecule has 0 aliphatic heterocycles. The van der Waals surface area contributed by atoms with Gasteiger partial charge in [-0.2, -0.15) is 0 Å². The minimum atomic E-state index is -0.786. The zero-order chi connectivity index (χ0) is 59.1. The van der Waals surface area contributed by atoms with E-state index in [9.17, 15) is 14.7 Å². The van der Waals surface area contributed by atoms with Gasteiger partial charge in [0.05, 0.1) is 6.61 Å². The summed E-state index contributed by atoms with van der Waals surface area (Å²) in [6, 6.07) is 0. The zero-order valence-corrected chi connectivity index (χ0v) is 53.7. The maximum Gasteiger partial charge on any atom is 0.306 e. The largest absolute Gasteiger partial charge is 0.462 e. The van der Waals surface area contributed by atoms with Gasteiger partial charge in [-0.05, 0) is 109 Å². The molecule has 0 fully saturated rings. The molecule has 0 aromatic heterocycles. The van der Waals surface area contributed by atoms with Crippen molar-refractivity contribution in [3.63, 3.8) is 0 Å². The summed E-state index contributed by atoms with van der Waals surface area (Å²) in [4.78, 5) is 24.6. The number of hydrogen-bond donors (Lipinski definition) is 1. The van der Waals surface area contributed by atoms with Crippen molar-refractivity contribution in [2.45, 2.75) is 328 Å². The van der Waals surface area contributed by atoms with Gasteiger partial charge in [0.15, 0.2) is 6.10 Å². The van der Waals surface area contributed by atoms with E-state index in [0.717, 1.165) is 116 Å². The fourth-order valence-electron chi connectivity index (χ4n) is 9.82. The van der Waals surface area contributed by atoms with Crippen LogP contribution < -0.4 is 0 Å². The highest BCUT2D eigenvalue weighted by atomic mass is 16.6. The van der Waals surface area contributed by atoms with Gasteiger partial charge in [-0.3, -0.25) is 9.59 Å². The maximum absolute atomic E-state index is 12.4. The van der Waals surface area contributed by atoms with Crippen LogP contribution in [0, 0.1) is 0 Å². The third-order valence-electron chi connectivity index (χ3n) is 14.9. The van der Waals surface area contributed by atoms with E-state index >= 15 is 0 Å². The minimum Gasteiger partial charge on any atom is -0.462 e. The molecular formula is C77H130O5. The van der Waals surface area contributed by atoms with Crippen LogP contribution in [0.25, 0.3) is 0 Å². The lowest BCUT2D eigenvalue weighted by Gasteiger charge is -2.15. The van der Waals surface area contributed by atoms with E-state index in [-0.39, 0.29) is 25.2 Å². The molecule has 0 aromatic carbocycles. The SMILES string of the molecule is CC/C=C\C/C=C\C/C=C\C/C=C\C/C=C\C/C=C\C/C=C\CCCCCCCCCC(=O)OC(CO)COC(=O)CCCCCCCCCCCCCCCCCCCCCCCCCCCC/C=C\C/C=C\C/C=C\C/C=C\CC. The van der Waals surface area contributed by atoms with Crippen molar-refractivity contribution in [3.8, 4) is 0 Å². The van der Waals surface area contributed by atoms with E-state index in [1.807, 2.05) is 0 Å². The van der Waals surface area contributed by atoms with Crippen LogP contribution in [0.5, 0.6) is 0 Å². The molecular weight excluding hydrogens is 1000 g/mol. The van der Waals surface area contributed by atoms with Gasteiger partial charge in [-0.25, -0.2) is 0 Å². The molecule has 5 heteroatoms. The Morgan fingerprint density at radius 3 is 0.732 bits per heavy atom. The molecule has 0 saturated heterocycles. The topological polar surface area (TPSA) is 72.8 Å². The van der Waals surface area contributed by atoms with Crippen LogP contribution in [0.4, 0.5) is 0 Å². The Morgan fingerprint density at radius 1 is 0.280 bits per heavy atom. The predicted octanol–water partition coefficient (Wildman–Crippen LogP) is 24.3. The monoisotopic (exact) mass is 1130 g/mol. The molecule has 1 unspecified atom stereocenters. The molecule has 0 spiro atoms. The number of hydrogen-bond acceptors (Lipinski definition) is 5. The number of carbonyl (C=O) groups excluding carboxylic acids is 2. The summed E-state index contributed by atoms with van der Waals surface area (Å²) in [6.45, 7) is 3.93. The minimum absolute atomic E-state index is 0.0739. The smallest absolute Gasteiger partial charge is 0.306 e. The lowest BCUT2D eigenvalue weighted by Crippen LogP contribution is -2.28. The summed E-state index contributed by atoms with van der Waals surface area (Å²) in [7, 11) is 0. The second kappa shape index (κ2) is 71.3. The summed E-state index contributed by atoms with van der Waals surface area (Å²) in [6.07, 6.45) is 106. The summed E-state index contributed by atoms with van der Waals surface area (Å²) in [5, 5.41) is 9.70. The Kier molecular flexibility index (Phi) is 67.9. The van der Waals surface area contributed by atoms with Gasteiger partial charge >= 0.3 is 11.9 Å². The molecule has 0 aliphatic carbocycles. The molecule has 468 valence electrons. The first-order chi connectivity index (χ1) is 40.6. The lowest BCUT2D eigenvalue weighted by molar-refractivity contribution is -0.161. The number of carbonyl (C=O) groups is 2. The van der Waals surface area contributed by atoms with Crippen molar-refractivity contribution in [1.82, 2.24) is 0 Å². The molecule has 0 bridgehead atoms. The second-order valence-corrected chi connectivity index (χ2v) is 22.8. The van der Waals surface area contributed by atoms with Crippen molar-refractivity contribution < 1.29 is 24.2 Å². The van der Waals surface area contributed by atoms with Gasteiger partial charge in [0, 0.05) is 12.8 Å². The highest BCUT2D eigenvalue weighted by molar-refractivity contribution is 5.70. The predicted molar refractivity (Wildman–Crippen MR) is 361 cm³/mol. The van der Waals surface area contributed by atoms with Crippen LogP contribution >= 0.6 is 0 Å². The molecule has 0 aliphatic rings. The molecule has 0 amide bonds. The average molecular weight is 1140 g/mol. The molecule has 0 aromatic rings. The third-order valence-corrected chi connectivity index (χ3v) is 14.9. The Morgan fingerprint density at radius 2 is 0.488 bits per heavy atom. The van der Waals surface area contributed by atoms with Crippen molar-refractivity contribution in [2.24, 2.45) is 0 Å². The Hall–Kier alpha value is -3.96. The van der Waals surface area contributed by atoms with Crippen LogP contribution in [0.2, 0.25) is 0 Å². The molecule has 0 radical (unpaired) electrons. The van der Waals surface area contributed by atoms with E-state index in [0.29, 0.717) is 12.8 Å². The highest BCUT2D eigenvalue weighted by Gasteiger charge is 2.16. The summed E-state index contributed by atoms with van der Waals surface area (Å²) >= 11 is 0. The van der Waals surface area contributed by atoms with Gasteiger partial charge in [0.25, 0.3) is 0 Å². The lowest BCUT2D eigenvalue weighted by atomic mass is 10.0. The van der Waals surface area contributed by atoms with Crippen LogP contribution in [0.15, 0.2) is 134 Å². The molecule has 1 N–H and O–H groups in total. The summed E-state index contributed by atoms with van der Waals surface area (Å²) in [5.74, 6) is -0.598. The molecule has 5 nitrogen and oxygen atoms in total. The normalized spacial score (nSPS) is 13.1. The number of esters is 2. The van der Waals surface area contributed by atoms with Crippen molar-refractivity contribution in [3.05, 3.63) is 134 Å². The zero-order valence-electron chi connectivity index (χ0n) is 53.7. The van der Waals surface area contributed by atoms with Crippen LogP contribution in [-0.4, -0.2) is 36.4 Å². The van der Waals surface area contributed by atoms with E-state index in [1.165, 1.54) is 180 Å². The van der Waals surface area contributed by atoms with E-state index in [4.69, 9.17) is 9.47 Å². The second-order valence-electron chi connectivity index (χ2n) is 22.8.